The monoisotopic (exact) mass is 382 g/mol. The van der Waals surface area contributed by atoms with E-state index in [1.807, 2.05) is 54.6 Å². The number of benzene rings is 2. The molecular formula is C22H26N2O4. The number of piperidine rings is 1. The van der Waals surface area contributed by atoms with E-state index in [1.165, 1.54) is 0 Å². The summed E-state index contributed by atoms with van der Waals surface area (Å²) < 4.78 is 17.1. The molecule has 1 amide bonds. The van der Waals surface area contributed by atoms with Gasteiger partial charge in [-0.1, -0.05) is 18.2 Å². The highest BCUT2D eigenvalue weighted by atomic mass is 16.7. The second-order valence-electron chi connectivity index (χ2n) is 7.10. The Kier molecular flexibility index (Phi) is 5.78. The predicted octanol–water partition coefficient (Wildman–Crippen LogP) is 3.44. The van der Waals surface area contributed by atoms with Gasteiger partial charge in [0.15, 0.2) is 5.79 Å². The molecule has 0 unspecified atom stereocenters. The lowest BCUT2D eigenvalue weighted by atomic mass is 10.0. The molecule has 148 valence electrons. The molecule has 2 aromatic carbocycles. The van der Waals surface area contributed by atoms with Crippen LogP contribution in [0, 0.1) is 0 Å². The molecule has 2 aliphatic heterocycles. The average Bonchev–Trinajstić information content (AvgIpc) is 3.18. The zero-order valence-corrected chi connectivity index (χ0v) is 15.9. The van der Waals surface area contributed by atoms with Crippen molar-refractivity contribution in [2.45, 2.75) is 25.0 Å². The van der Waals surface area contributed by atoms with Crippen LogP contribution in [0.4, 0.5) is 11.4 Å². The Labute approximate surface area is 165 Å². The van der Waals surface area contributed by atoms with Crippen molar-refractivity contribution in [1.82, 2.24) is 0 Å². The number of ether oxygens (including phenoxy) is 3. The highest BCUT2D eigenvalue weighted by molar-refractivity contribution is 5.90. The van der Waals surface area contributed by atoms with Crippen molar-refractivity contribution in [2.75, 3.05) is 43.1 Å². The fourth-order valence-corrected chi connectivity index (χ4v) is 3.65. The highest BCUT2D eigenvalue weighted by Crippen LogP contribution is 2.33. The molecule has 6 heteroatoms. The standard InChI is InChI=1S/C22H26N2O4/c25-21(10-15-26-20-4-2-1-3-5-20)23-18-6-8-19(9-7-18)24-13-11-22(12-14-24)27-16-17-28-22/h1-9H,10-17H2,(H,23,25). The number of nitrogens with zero attached hydrogens (tertiary/aromatic N) is 1. The smallest absolute Gasteiger partial charge is 0.227 e. The first-order chi connectivity index (χ1) is 13.7. The average molecular weight is 382 g/mol. The first-order valence-corrected chi connectivity index (χ1v) is 9.83. The van der Waals surface area contributed by atoms with Gasteiger partial charge in [0.1, 0.15) is 5.75 Å². The third-order valence-electron chi connectivity index (χ3n) is 5.20. The summed E-state index contributed by atoms with van der Waals surface area (Å²) in [6.07, 6.45) is 2.07. The maximum atomic E-state index is 12.1. The summed E-state index contributed by atoms with van der Waals surface area (Å²) in [4.78, 5) is 14.4. The van der Waals surface area contributed by atoms with Gasteiger partial charge in [0.25, 0.3) is 0 Å². The molecule has 2 saturated heterocycles. The molecule has 2 fully saturated rings. The molecule has 0 aliphatic carbocycles. The first-order valence-electron chi connectivity index (χ1n) is 9.83. The number of hydrogen-bond acceptors (Lipinski definition) is 5. The van der Waals surface area contributed by atoms with Crippen LogP contribution >= 0.6 is 0 Å². The van der Waals surface area contributed by atoms with Crippen LogP contribution in [0.1, 0.15) is 19.3 Å². The third-order valence-corrected chi connectivity index (χ3v) is 5.20. The number of amides is 1. The van der Waals surface area contributed by atoms with Crippen molar-refractivity contribution in [3.8, 4) is 5.75 Å². The van der Waals surface area contributed by atoms with Gasteiger partial charge < -0.3 is 24.4 Å². The summed E-state index contributed by atoms with van der Waals surface area (Å²) in [5.41, 5.74) is 1.95. The largest absolute Gasteiger partial charge is 0.493 e. The molecule has 4 rings (SSSR count). The normalized spacial score (nSPS) is 18.2. The maximum Gasteiger partial charge on any atom is 0.227 e. The summed E-state index contributed by atoms with van der Waals surface area (Å²) in [7, 11) is 0. The van der Waals surface area contributed by atoms with Gasteiger partial charge in [-0.2, -0.15) is 0 Å². The molecule has 0 aromatic heterocycles. The molecule has 0 radical (unpaired) electrons. The fourth-order valence-electron chi connectivity index (χ4n) is 3.65. The quantitative estimate of drug-likeness (QED) is 0.829. The highest BCUT2D eigenvalue weighted by Gasteiger charge is 2.39. The molecular weight excluding hydrogens is 356 g/mol. The van der Waals surface area contributed by atoms with Crippen LogP contribution in [-0.2, 0) is 14.3 Å². The number of carbonyl (C=O) groups is 1. The van der Waals surface area contributed by atoms with E-state index < -0.39 is 0 Å². The molecule has 6 nitrogen and oxygen atoms in total. The lowest BCUT2D eigenvalue weighted by Crippen LogP contribution is -2.45. The molecule has 0 saturated carbocycles. The molecule has 2 aromatic rings. The third kappa shape index (κ3) is 4.64. The van der Waals surface area contributed by atoms with Crippen LogP contribution in [-0.4, -0.2) is 44.6 Å². The molecule has 1 N–H and O–H groups in total. The zero-order valence-electron chi connectivity index (χ0n) is 15.9. The van der Waals surface area contributed by atoms with Gasteiger partial charge in [0.05, 0.1) is 26.2 Å². The fraction of sp³-hybridized carbons (Fsp3) is 0.409. The van der Waals surface area contributed by atoms with Crippen LogP contribution in [0.25, 0.3) is 0 Å². The van der Waals surface area contributed by atoms with Crippen LogP contribution < -0.4 is 15.0 Å². The van der Waals surface area contributed by atoms with Gasteiger partial charge in [-0.25, -0.2) is 0 Å². The van der Waals surface area contributed by atoms with Gasteiger partial charge in [-0.15, -0.1) is 0 Å². The lowest BCUT2D eigenvalue weighted by molar-refractivity contribution is -0.169. The van der Waals surface area contributed by atoms with Crippen LogP contribution in [0.15, 0.2) is 54.6 Å². The number of rotatable bonds is 6. The molecule has 2 aliphatic rings. The Bertz CT molecular complexity index is 763. The Morgan fingerprint density at radius 3 is 2.36 bits per heavy atom. The van der Waals surface area contributed by atoms with Crippen LogP contribution in [0.5, 0.6) is 5.75 Å². The lowest BCUT2D eigenvalue weighted by Gasteiger charge is -2.38. The number of carbonyl (C=O) groups excluding carboxylic acids is 1. The van der Waals surface area contributed by atoms with Crippen LogP contribution in [0.3, 0.4) is 0 Å². The van der Waals surface area contributed by atoms with E-state index >= 15 is 0 Å². The maximum absolute atomic E-state index is 12.1. The van der Waals surface area contributed by atoms with Gasteiger partial charge in [0, 0.05) is 37.3 Å². The topological polar surface area (TPSA) is 60.0 Å². The minimum Gasteiger partial charge on any atom is -0.493 e. The van der Waals surface area contributed by atoms with Crippen molar-refractivity contribution in [3.05, 3.63) is 54.6 Å². The molecule has 2 heterocycles. The van der Waals surface area contributed by atoms with Gasteiger partial charge >= 0.3 is 0 Å². The summed E-state index contributed by atoms with van der Waals surface area (Å²) in [5.74, 6) is 0.363. The number of anilines is 2. The Balaban J connectivity index is 1.22. The molecule has 0 atom stereocenters. The number of hydrogen-bond donors (Lipinski definition) is 1. The van der Waals surface area contributed by atoms with E-state index in [4.69, 9.17) is 14.2 Å². The van der Waals surface area contributed by atoms with Crippen molar-refractivity contribution in [3.63, 3.8) is 0 Å². The van der Waals surface area contributed by atoms with E-state index in [0.717, 1.165) is 43.1 Å². The zero-order chi connectivity index (χ0) is 19.2. The summed E-state index contributed by atoms with van der Waals surface area (Å²) in [6.45, 7) is 3.56. The van der Waals surface area contributed by atoms with E-state index in [1.54, 1.807) is 0 Å². The predicted molar refractivity (Wildman–Crippen MR) is 108 cm³/mol. The SMILES string of the molecule is O=C(CCOc1ccccc1)Nc1ccc(N2CCC3(CC2)OCCO3)cc1. The van der Waals surface area contributed by atoms with E-state index in [9.17, 15) is 4.79 Å². The Morgan fingerprint density at radius 2 is 1.68 bits per heavy atom. The van der Waals surface area contributed by atoms with Crippen molar-refractivity contribution in [2.24, 2.45) is 0 Å². The second kappa shape index (κ2) is 8.63. The summed E-state index contributed by atoms with van der Waals surface area (Å²) >= 11 is 0. The van der Waals surface area contributed by atoms with Gasteiger partial charge in [-0.05, 0) is 36.4 Å². The Hall–Kier alpha value is -2.57. The van der Waals surface area contributed by atoms with Crippen molar-refractivity contribution in [1.29, 1.82) is 0 Å². The van der Waals surface area contributed by atoms with E-state index in [-0.39, 0.29) is 11.7 Å². The second-order valence-corrected chi connectivity index (χ2v) is 7.10. The summed E-state index contributed by atoms with van der Waals surface area (Å²) in [6, 6.07) is 17.5. The molecule has 1 spiro atoms. The van der Waals surface area contributed by atoms with Crippen molar-refractivity contribution >= 4 is 17.3 Å². The van der Waals surface area contributed by atoms with Gasteiger partial charge in [0.2, 0.25) is 5.91 Å². The number of para-hydroxylation sites is 1. The minimum absolute atomic E-state index is 0.0564. The Morgan fingerprint density at radius 1 is 1.00 bits per heavy atom. The number of nitrogens with one attached hydrogen (secondary N) is 1. The van der Waals surface area contributed by atoms with E-state index in [2.05, 4.69) is 10.2 Å². The minimum atomic E-state index is -0.355. The van der Waals surface area contributed by atoms with Gasteiger partial charge in [-0.3, -0.25) is 4.79 Å². The van der Waals surface area contributed by atoms with Crippen LogP contribution in [0.2, 0.25) is 0 Å². The van der Waals surface area contributed by atoms with Crippen molar-refractivity contribution < 1.29 is 19.0 Å². The summed E-state index contributed by atoms with van der Waals surface area (Å²) in [5, 5.41) is 2.92. The molecule has 28 heavy (non-hydrogen) atoms. The first kappa shape index (κ1) is 18.8. The van der Waals surface area contributed by atoms with E-state index in [0.29, 0.717) is 26.2 Å². The molecule has 0 bridgehead atoms.